The van der Waals surface area contributed by atoms with Crippen molar-refractivity contribution in [2.75, 3.05) is 5.32 Å². The molecule has 1 aromatic carbocycles. The molecule has 0 atom stereocenters. The second kappa shape index (κ2) is 4.16. The molecule has 1 aromatic rings. The molecular formula is C13H17NO2. The first-order chi connectivity index (χ1) is 7.62. The van der Waals surface area contributed by atoms with Gasteiger partial charge in [-0.25, -0.2) is 4.79 Å². The van der Waals surface area contributed by atoms with Gasteiger partial charge in [0, 0.05) is 5.69 Å². The van der Waals surface area contributed by atoms with Crippen molar-refractivity contribution in [3.05, 3.63) is 29.8 Å². The lowest BCUT2D eigenvalue weighted by atomic mass is 9.97. The van der Waals surface area contributed by atoms with Gasteiger partial charge >= 0.3 is 5.97 Å². The van der Waals surface area contributed by atoms with Gasteiger partial charge in [0.05, 0.1) is 0 Å². The Morgan fingerprint density at radius 2 is 1.81 bits per heavy atom. The van der Waals surface area contributed by atoms with Crippen molar-refractivity contribution < 1.29 is 9.90 Å². The molecule has 0 unspecified atom stereocenters. The minimum atomic E-state index is -0.741. The zero-order chi connectivity index (χ0) is 11.6. The Kier molecular flexibility index (Phi) is 2.86. The Hall–Kier alpha value is -1.51. The molecular weight excluding hydrogens is 202 g/mol. The fourth-order valence-electron chi connectivity index (χ4n) is 2.28. The Morgan fingerprint density at radius 1 is 1.25 bits per heavy atom. The average molecular weight is 219 g/mol. The van der Waals surface area contributed by atoms with Crippen molar-refractivity contribution >= 4 is 11.7 Å². The van der Waals surface area contributed by atoms with Gasteiger partial charge in [-0.1, -0.05) is 30.5 Å². The van der Waals surface area contributed by atoms with E-state index in [1.165, 1.54) is 5.56 Å². The van der Waals surface area contributed by atoms with Crippen LogP contribution in [0.3, 0.4) is 0 Å². The quantitative estimate of drug-likeness (QED) is 0.821. The van der Waals surface area contributed by atoms with Crippen molar-refractivity contribution in [3.63, 3.8) is 0 Å². The molecule has 0 radical (unpaired) electrons. The van der Waals surface area contributed by atoms with Crippen LogP contribution >= 0.6 is 0 Å². The lowest BCUT2D eigenvalue weighted by molar-refractivity contribution is -0.142. The molecule has 0 bridgehead atoms. The number of rotatable bonds is 3. The molecule has 2 rings (SSSR count). The largest absolute Gasteiger partial charge is 0.480 e. The summed E-state index contributed by atoms with van der Waals surface area (Å²) in [6.45, 7) is 2.02. The molecule has 0 aromatic heterocycles. The van der Waals surface area contributed by atoms with Crippen LogP contribution in [0, 0.1) is 6.92 Å². The summed E-state index contributed by atoms with van der Waals surface area (Å²) in [6, 6.07) is 7.87. The summed E-state index contributed by atoms with van der Waals surface area (Å²) in [7, 11) is 0. The van der Waals surface area contributed by atoms with Gasteiger partial charge in [-0.2, -0.15) is 0 Å². The standard InChI is InChI=1S/C13H17NO2/c1-10-4-6-11(7-5-10)14-13(12(15)16)8-2-3-9-13/h4-7,14H,2-3,8-9H2,1H3,(H,15,16). The molecule has 0 saturated heterocycles. The average Bonchev–Trinajstić information content (AvgIpc) is 2.71. The smallest absolute Gasteiger partial charge is 0.329 e. The van der Waals surface area contributed by atoms with Crippen LogP contribution in [0.5, 0.6) is 0 Å². The van der Waals surface area contributed by atoms with Crippen molar-refractivity contribution in [3.8, 4) is 0 Å². The van der Waals surface area contributed by atoms with Gasteiger partial charge < -0.3 is 10.4 Å². The number of nitrogens with one attached hydrogen (secondary N) is 1. The molecule has 86 valence electrons. The predicted molar refractivity (Wildman–Crippen MR) is 63.6 cm³/mol. The monoisotopic (exact) mass is 219 g/mol. The molecule has 3 heteroatoms. The molecule has 0 amide bonds. The lowest BCUT2D eigenvalue weighted by Gasteiger charge is -2.26. The number of benzene rings is 1. The maximum absolute atomic E-state index is 11.3. The number of carboxylic acid groups (broad SMARTS) is 1. The zero-order valence-corrected chi connectivity index (χ0v) is 9.49. The second-order valence-corrected chi connectivity index (χ2v) is 4.59. The number of hydrogen-bond donors (Lipinski definition) is 2. The highest BCUT2D eigenvalue weighted by Gasteiger charge is 2.41. The highest BCUT2D eigenvalue weighted by Crippen LogP contribution is 2.33. The van der Waals surface area contributed by atoms with Crippen LogP contribution in [0.25, 0.3) is 0 Å². The fourth-order valence-corrected chi connectivity index (χ4v) is 2.28. The van der Waals surface area contributed by atoms with Crippen LogP contribution < -0.4 is 5.32 Å². The summed E-state index contributed by atoms with van der Waals surface area (Å²) in [5, 5.41) is 12.5. The van der Waals surface area contributed by atoms with Gasteiger partial charge in [0.1, 0.15) is 5.54 Å². The zero-order valence-electron chi connectivity index (χ0n) is 9.49. The second-order valence-electron chi connectivity index (χ2n) is 4.59. The van der Waals surface area contributed by atoms with Crippen LogP contribution in [0.4, 0.5) is 5.69 Å². The molecule has 0 heterocycles. The summed E-state index contributed by atoms with van der Waals surface area (Å²) in [6.07, 6.45) is 3.42. The Labute approximate surface area is 95.5 Å². The first-order valence-electron chi connectivity index (χ1n) is 5.71. The third-order valence-electron chi connectivity index (χ3n) is 3.30. The first kappa shape index (κ1) is 11.0. The van der Waals surface area contributed by atoms with E-state index in [-0.39, 0.29) is 0 Å². The molecule has 0 aliphatic heterocycles. The number of carbonyl (C=O) groups is 1. The fraction of sp³-hybridized carbons (Fsp3) is 0.462. The van der Waals surface area contributed by atoms with Gasteiger partial charge in [-0.3, -0.25) is 0 Å². The minimum absolute atomic E-state index is 0.718. The minimum Gasteiger partial charge on any atom is -0.480 e. The number of hydrogen-bond acceptors (Lipinski definition) is 2. The Balaban J connectivity index is 2.18. The maximum Gasteiger partial charge on any atom is 0.329 e. The third-order valence-corrected chi connectivity index (χ3v) is 3.30. The molecule has 0 spiro atoms. The number of carboxylic acids is 1. The van der Waals surface area contributed by atoms with E-state index in [0.29, 0.717) is 0 Å². The highest BCUT2D eigenvalue weighted by atomic mass is 16.4. The summed E-state index contributed by atoms with van der Waals surface area (Å²) in [5.74, 6) is -0.731. The molecule has 1 saturated carbocycles. The van der Waals surface area contributed by atoms with Gasteiger partial charge in [-0.05, 0) is 31.9 Å². The number of anilines is 1. The normalized spacial score (nSPS) is 18.3. The van der Waals surface area contributed by atoms with Gasteiger partial charge in [-0.15, -0.1) is 0 Å². The molecule has 1 fully saturated rings. The summed E-state index contributed by atoms with van der Waals surface area (Å²) in [5.41, 5.74) is 1.34. The predicted octanol–water partition coefficient (Wildman–Crippen LogP) is 2.80. The van der Waals surface area contributed by atoms with E-state index in [9.17, 15) is 9.90 Å². The summed E-state index contributed by atoms with van der Waals surface area (Å²) < 4.78 is 0. The number of aliphatic carboxylic acids is 1. The molecule has 1 aliphatic carbocycles. The van der Waals surface area contributed by atoms with E-state index >= 15 is 0 Å². The van der Waals surface area contributed by atoms with Gasteiger partial charge in [0.2, 0.25) is 0 Å². The summed E-state index contributed by atoms with van der Waals surface area (Å²) in [4.78, 5) is 11.3. The SMILES string of the molecule is Cc1ccc(NC2(C(=O)O)CCCC2)cc1. The van der Waals surface area contributed by atoms with Gasteiger partial charge in [0.25, 0.3) is 0 Å². The molecule has 3 nitrogen and oxygen atoms in total. The van der Waals surface area contributed by atoms with E-state index in [4.69, 9.17) is 0 Å². The van der Waals surface area contributed by atoms with Crippen molar-refractivity contribution in [2.24, 2.45) is 0 Å². The molecule has 16 heavy (non-hydrogen) atoms. The van der Waals surface area contributed by atoms with Crippen LogP contribution in [0.15, 0.2) is 24.3 Å². The van der Waals surface area contributed by atoms with Crippen LogP contribution in [0.1, 0.15) is 31.2 Å². The Morgan fingerprint density at radius 3 is 2.31 bits per heavy atom. The molecule has 2 N–H and O–H groups in total. The van der Waals surface area contributed by atoms with E-state index in [2.05, 4.69) is 5.32 Å². The van der Waals surface area contributed by atoms with Gasteiger partial charge in [0.15, 0.2) is 0 Å². The molecule has 1 aliphatic rings. The number of aryl methyl sites for hydroxylation is 1. The lowest BCUT2D eigenvalue weighted by Crippen LogP contribution is -2.43. The van der Waals surface area contributed by atoms with Crippen LogP contribution in [-0.2, 0) is 4.79 Å². The van der Waals surface area contributed by atoms with Crippen molar-refractivity contribution in [2.45, 2.75) is 38.1 Å². The van der Waals surface area contributed by atoms with E-state index in [0.717, 1.165) is 31.4 Å². The topological polar surface area (TPSA) is 49.3 Å². The van der Waals surface area contributed by atoms with E-state index in [1.807, 2.05) is 31.2 Å². The maximum atomic E-state index is 11.3. The summed E-state index contributed by atoms with van der Waals surface area (Å²) >= 11 is 0. The third kappa shape index (κ3) is 2.03. The van der Waals surface area contributed by atoms with E-state index in [1.54, 1.807) is 0 Å². The first-order valence-corrected chi connectivity index (χ1v) is 5.71. The van der Waals surface area contributed by atoms with Crippen molar-refractivity contribution in [1.82, 2.24) is 0 Å². The Bertz CT molecular complexity index is 377. The van der Waals surface area contributed by atoms with Crippen LogP contribution in [-0.4, -0.2) is 16.6 Å². The van der Waals surface area contributed by atoms with Crippen LogP contribution in [0.2, 0.25) is 0 Å². The van der Waals surface area contributed by atoms with E-state index < -0.39 is 11.5 Å². The highest BCUT2D eigenvalue weighted by molar-refractivity contribution is 5.83. The van der Waals surface area contributed by atoms with Crippen molar-refractivity contribution in [1.29, 1.82) is 0 Å².